The van der Waals surface area contributed by atoms with Crippen LogP contribution in [0.4, 0.5) is 0 Å². The molecule has 0 saturated carbocycles. The molecule has 2 aromatic heterocycles. The molecule has 21 heavy (non-hydrogen) atoms. The number of nitrogens with one attached hydrogen (secondary N) is 1. The van der Waals surface area contributed by atoms with E-state index in [-0.39, 0.29) is 6.04 Å². The van der Waals surface area contributed by atoms with E-state index in [2.05, 4.69) is 61.1 Å². The zero-order chi connectivity index (χ0) is 15.4. The van der Waals surface area contributed by atoms with Crippen LogP contribution in [0, 0.1) is 0 Å². The summed E-state index contributed by atoms with van der Waals surface area (Å²) in [5, 5.41) is 8.48. The molecule has 1 atom stereocenters. The molecular weight excluding hydrogens is 419 g/mol. The van der Waals surface area contributed by atoms with Crippen LogP contribution in [-0.4, -0.2) is 21.3 Å². The maximum Gasteiger partial charge on any atom is 0.0948 e. The van der Waals surface area contributed by atoms with Gasteiger partial charge in [0.25, 0.3) is 0 Å². The fourth-order valence-electron chi connectivity index (χ4n) is 2.21. The highest BCUT2D eigenvalue weighted by atomic mass is 79.9. The molecule has 0 radical (unpaired) electrons. The Bertz CT molecular complexity index is 615. The summed E-state index contributed by atoms with van der Waals surface area (Å²) >= 11 is 13.4. The molecule has 0 aromatic carbocycles. The molecule has 114 valence electrons. The number of hydrogen-bond donors (Lipinski definition) is 1. The van der Waals surface area contributed by atoms with Crippen molar-refractivity contribution in [3.05, 3.63) is 43.8 Å². The van der Waals surface area contributed by atoms with Crippen LogP contribution in [0.1, 0.15) is 37.7 Å². The topological polar surface area (TPSA) is 42.7 Å². The van der Waals surface area contributed by atoms with E-state index in [9.17, 15) is 0 Å². The van der Waals surface area contributed by atoms with Gasteiger partial charge >= 0.3 is 0 Å². The van der Waals surface area contributed by atoms with Crippen molar-refractivity contribution in [2.45, 2.75) is 32.9 Å². The van der Waals surface area contributed by atoms with Crippen molar-refractivity contribution < 1.29 is 0 Å². The van der Waals surface area contributed by atoms with Crippen molar-refractivity contribution in [1.29, 1.82) is 0 Å². The fraction of sp³-hybridized carbons (Fsp3) is 0.429. The summed E-state index contributed by atoms with van der Waals surface area (Å²) < 4.78 is 3.82. The Labute approximate surface area is 146 Å². The standard InChI is InChI=1S/C14H17Br2ClN4/c1-3-5-21-14(11(17)8-20-21)13(18-4-2)12-10(16)6-9(15)7-19-12/h6-8,13,18H,3-5H2,1-2H3. The average Bonchev–Trinajstić information content (AvgIpc) is 2.79. The maximum absolute atomic E-state index is 6.37. The summed E-state index contributed by atoms with van der Waals surface area (Å²) in [5.41, 5.74) is 1.86. The number of nitrogens with zero attached hydrogens (tertiary/aromatic N) is 3. The monoisotopic (exact) mass is 434 g/mol. The first-order valence-electron chi connectivity index (χ1n) is 6.84. The van der Waals surface area contributed by atoms with Crippen molar-refractivity contribution in [1.82, 2.24) is 20.1 Å². The zero-order valence-corrected chi connectivity index (χ0v) is 15.8. The second kappa shape index (κ2) is 7.72. The number of aryl methyl sites for hydroxylation is 1. The molecule has 0 aliphatic heterocycles. The van der Waals surface area contributed by atoms with E-state index in [1.807, 2.05) is 10.7 Å². The molecule has 0 amide bonds. The molecule has 0 fully saturated rings. The summed E-state index contributed by atoms with van der Waals surface area (Å²) in [6.45, 7) is 5.82. The summed E-state index contributed by atoms with van der Waals surface area (Å²) in [7, 11) is 0. The molecule has 0 spiro atoms. The largest absolute Gasteiger partial charge is 0.304 e. The molecular formula is C14H17Br2ClN4. The second-order valence-electron chi connectivity index (χ2n) is 4.61. The zero-order valence-electron chi connectivity index (χ0n) is 11.9. The van der Waals surface area contributed by atoms with Gasteiger partial charge in [0.1, 0.15) is 0 Å². The Kier molecular flexibility index (Phi) is 6.22. The minimum Gasteiger partial charge on any atom is -0.304 e. The van der Waals surface area contributed by atoms with Gasteiger partial charge in [-0.05, 0) is 50.9 Å². The minimum absolute atomic E-state index is 0.0981. The van der Waals surface area contributed by atoms with E-state index < -0.39 is 0 Å². The SMILES string of the molecule is CCCn1ncc(Cl)c1C(NCC)c1ncc(Br)cc1Br. The first kappa shape index (κ1) is 16.9. The van der Waals surface area contributed by atoms with E-state index in [1.165, 1.54) is 0 Å². The van der Waals surface area contributed by atoms with Crippen LogP contribution in [0.25, 0.3) is 0 Å². The van der Waals surface area contributed by atoms with Crippen LogP contribution in [0.2, 0.25) is 5.02 Å². The van der Waals surface area contributed by atoms with Gasteiger partial charge in [-0.3, -0.25) is 9.67 Å². The van der Waals surface area contributed by atoms with Crippen LogP contribution in [0.15, 0.2) is 27.4 Å². The van der Waals surface area contributed by atoms with Gasteiger partial charge in [-0.1, -0.05) is 25.4 Å². The van der Waals surface area contributed by atoms with Gasteiger partial charge in [-0.2, -0.15) is 5.10 Å². The van der Waals surface area contributed by atoms with Crippen molar-refractivity contribution in [3.63, 3.8) is 0 Å². The Morgan fingerprint density at radius 3 is 2.71 bits per heavy atom. The van der Waals surface area contributed by atoms with Crippen molar-refractivity contribution in [3.8, 4) is 0 Å². The van der Waals surface area contributed by atoms with Gasteiger partial charge in [0.15, 0.2) is 0 Å². The highest BCUT2D eigenvalue weighted by Crippen LogP contribution is 2.32. The normalized spacial score (nSPS) is 12.6. The first-order chi connectivity index (χ1) is 10.1. The van der Waals surface area contributed by atoms with Gasteiger partial charge in [0, 0.05) is 21.7 Å². The molecule has 1 unspecified atom stereocenters. The number of halogens is 3. The molecule has 0 aliphatic rings. The van der Waals surface area contributed by atoms with Gasteiger partial charge in [0.2, 0.25) is 0 Å². The third kappa shape index (κ3) is 3.86. The number of aromatic nitrogens is 3. The lowest BCUT2D eigenvalue weighted by Crippen LogP contribution is -2.26. The van der Waals surface area contributed by atoms with E-state index in [4.69, 9.17) is 11.6 Å². The maximum atomic E-state index is 6.37. The molecule has 0 aliphatic carbocycles. The second-order valence-corrected chi connectivity index (χ2v) is 6.79. The predicted octanol–water partition coefficient (Wildman–Crippen LogP) is 4.57. The van der Waals surface area contributed by atoms with E-state index in [0.29, 0.717) is 5.02 Å². The van der Waals surface area contributed by atoms with Crippen LogP contribution >= 0.6 is 43.5 Å². The van der Waals surface area contributed by atoms with Gasteiger partial charge in [0.05, 0.1) is 28.6 Å². The van der Waals surface area contributed by atoms with Crippen molar-refractivity contribution in [2.24, 2.45) is 0 Å². The molecule has 4 nitrogen and oxygen atoms in total. The summed E-state index contributed by atoms with van der Waals surface area (Å²) in [5.74, 6) is 0. The predicted molar refractivity (Wildman–Crippen MR) is 92.7 cm³/mol. The number of rotatable bonds is 6. The number of pyridine rings is 1. The highest BCUT2D eigenvalue weighted by molar-refractivity contribution is 9.11. The van der Waals surface area contributed by atoms with Gasteiger partial charge in [-0.15, -0.1) is 0 Å². The van der Waals surface area contributed by atoms with E-state index in [1.54, 1.807) is 12.4 Å². The van der Waals surface area contributed by atoms with Crippen LogP contribution in [0.5, 0.6) is 0 Å². The Morgan fingerprint density at radius 2 is 2.10 bits per heavy atom. The summed E-state index contributed by atoms with van der Waals surface area (Å²) in [6.07, 6.45) is 4.49. The average molecular weight is 437 g/mol. The lowest BCUT2D eigenvalue weighted by atomic mass is 10.1. The first-order valence-corrected chi connectivity index (χ1v) is 8.80. The van der Waals surface area contributed by atoms with E-state index >= 15 is 0 Å². The van der Waals surface area contributed by atoms with Crippen molar-refractivity contribution in [2.75, 3.05) is 6.54 Å². The third-order valence-electron chi connectivity index (χ3n) is 3.06. The van der Waals surface area contributed by atoms with Gasteiger partial charge in [-0.25, -0.2) is 0 Å². The lowest BCUT2D eigenvalue weighted by Gasteiger charge is -2.20. The molecule has 1 N–H and O–H groups in total. The Balaban J connectivity index is 2.50. The number of hydrogen-bond acceptors (Lipinski definition) is 3. The van der Waals surface area contributed by atoms with Crippen LogP contribution in [-0.2, 0) is 6.54 Å². The fourth-order valence-corrected chi connectivity index (χ4v) is 3.68. The van der Waals surface area contributed by atoms with Crippen LogP contribution < -0.4 is 5.32 Å². The minimum atomic E-state index is -0.0981. The molecule has 7 heteroatoms. The molecule has 0 bridgehead atoms. The third-order valence-corrected chi connectivity index (χ3v) is 4.42. The molecule has 2 heterocycles. The smallest absolute Gasteiger partial charge is 0.0948 e. The van der Waals surface area contributed by atoms with Crippen molar-refractivity contribution >= 4 is 43.5 Å². The van der Waals surface area contributed by atoms with Gasteiger partial charge < -0.3 is 5.32 Å². The molecule has 2 rings (SSSR count). The molecule has 0 saturated heterocycles. The summed E-state index contributed by atoms with van der Waals surface area (Å²) in [6, 6.07) is 1.89. The quantitative estimate of drug-likeness (QED) is 0.722. The Morgan fingerprint density at radius 1 is 1.33 bits per heavy atom. The Hall–Kier alpha value is -0.430. The van der Waals surface area contributed by atoms with E-state index in [0.717, 1.165) is 39.8 Å². The lowest BCUT2D eigenvalue weighted by molar-refractivity contribution is 0.513. The van der Waals surface area contributed by atoms with Crippen LogP contribution in [0.3, 0.4) is 0 Å². The highest BCUT2D eigenvalue weighted by Gasteiger charge is 2.24. The molecule has 2 aromatic rings. The summed E-state index contributed by atoms with van der Waals surface area (Å²) in [4.78, 5) is 4.54.